The molecule has 1 aromatic heterocycles. The smallest absolute Gasteiger partial charge is 0.407 e. The number of amides is 1. The highest BCUT2D eigenvalue weighted by atomic mass is 32.2. The van der Waals surface area contributed by atoms with E-state index in [1.807, 2.05) is 33.0 Å². The molecule has 0 saturated carbocycles. The topological polar surface area (TPSA) is 51.2 Å². The van der Waals surface area contributed by atoms with E-state index in [0.717, 1.165) is 11.5 Å². The molecule has 0 unspecified atom stereocenters. The SMILES string of the molecule is Cc1ccncc1CSCCNC(=O)OC(C)(C)C. The standard InChI is InChI=1S/C14H22N2O2S/c1-11-5-6-15-9-12(11)10-19-8-7-16-13(17)18-14(2,3)4/h5-6,9H,7-8,10H2,1-4H3,(H,16,17). The summed E-state index contributed by atoms with van der Waals surface area (Å²) in [5.41, 5.74) is 2.05. The van der Waals surface area contributed by atoms with Crippen molar-refractivity contribution in [3.8, 4) is 0 Å². The predicted molar refractivity (Wildman–Crippen MR) is 79.4 cm³/mol. The number of hydrogen-bond donors (Lipinski definition) is 1. The Morgan fingerprint density at radius 3 is 2.84 bits per heavy atom. The van der Waals surface area contributed by atoms with E-state index in [1.165, 1.54) is 11.1 Å². The largest absolute Gasteiger partial charge is 0.444 e. The van der Waals surface area contributed by atoms with Crippen molar-refractivity contribution in [2.24, 2.45) is 0 Å². The summed E-state index contributed by atoms with van der Waals surface area (Å²) in [6.07, 6.45) is 3.34. The molecular weight excluding hydrogens is 260 g/mol. The van der Waals surface area contributed by atoms with Crippen LogP contribution in [0.2, 0.25) is 0 Å². The van der Waals surface area contributed by atoms with Crippen LogP contribution in [0.5, 0.6) is 0 Å². The quantitative estimate of drug-likeness (QED) is 0.843. The summed E-state index contributed by atoms with van der Waals surface area (Å²) in [5, 5.41) is 2.74. The third kappa shape index (κ3) is 7.06. The summed E-state index contributed by atoms with van der Waals surface area (Å²) in [6, 6.07) is 2.01. The van der Waals surface area contributed by atoms with Gasteiger partial charge in [-0.1, -0.05) is 0 Å². The molecular formula is C14H22N2O2S. The summed E-state index contributed by atoms with van der Waals surface area (Å²) in [6.45, 7) is 8.25. The van der Waals surface area contributed by atoms with Crippen LogP contribution in [0.3, 0.4) is 0 Å². The summed E-state index contributed by atoms with van der Waals surface area (Å²) < 4.78 is 5.15. The van der Waals surface area contributed by atoms with Gasteiger partial charge in [0.05, 0.1) is 0 Å². The fourth-order valence-corrected chi connectivity index (χ4v) is 2.28. The fourth-order valence-electron chi connectivity index (χ4n) is 1.37. The lowest BCUT2D eigenvalue weighted by Gasteiger charge is -2.19. The Kier molecular flexibility index (Phi) is 6.15. The molecule has 4 nitrogen and oxygen atoms in total. The molecule has 1 amide bonds. The number of alkyl carbamates (subject to hydrolysis) is 1. The van der Waals surface area contributed by atoms with E-state index in [9.17, 15) is 4.79 Å². The van der Waals surface area contributed by atoms with Crippen LogP contribution < -0.4 is 5.32 Å². The molecule has 1 N–H and O–H groups in total. The van der Waals surface area contributed by atoms with Crippen molar-refractivity contribution >= 4 is 17.9 Å². The van der Waals surface area contributed by atoms with Crippen molar-refractivity contribution in [1.82, 2.24) is 10.3 Å². The third-order valence-electron chi connectivity index (χ3n) is 2.32. The molecule has 0 spiro atoms. The van der Waals surface area contributed by atoms with Gasteiger partial charge in [0, 0.05) is 30.4 Å². The minimum absolute atomic E-state index is 0.356. The molecule has 1 heterocycles. The lowest BCUT2D eigenvalue weighted by atomic mass is 10.2. The van der Waals surface area contributed by atoms with Crippen molar-refractivity contribution in [3.63, 3.8) is 0 Å². The molecule has 0 aliphatic rings. The molecule has 1 rings (SSSR count). The van der Waals surface area contributed by atoms with Gasteiger partial charge in [0.1, 0.15) is 5.60 Å². The molecule has 1 aromatic rings. The van der Waals surface area contributed by atoms with Crippen molar-refractivity contribution in [3.05, 3.63) is 29.6 Å². The van der Waals surface area contributed by atoms with E-state index in [1.54, 1.807) is 18.0 Å². The van der Waals surface area contributed by atoms with E-state index in [4.69, 9.17) is 4.74 Å². The van der Waals surface area contributed by atoms with Gasteiger partial charge in [-0.05, 0) is 44.9 Å². The van der Waals surface area contributed by atoms with Crippen LogP contribution in [-0.2, 0) is 10.5 Å². The van der Waals surface area contributed by atoms with Gasteiger partial charge in [0.25, 0.3) is 0 Å². The molecule has 0 fully saturated rings. The van der Waals surface area contributed by atoms with E-state index < -0.39 is 5.60 Å². The van der Waals surface area contributed by atoms with E-state index in [0.29, 0.717) is 6.54 Å². The van der Waals surface area contributed by atoms with Crippen LogP contribution in [-0.4, -0.2) is 29.0 Å². The second-order valence-electron chi connectivity index (χ2n) is 5.28. The average Bonchev–Trinajstić information content (AvgIpc) is 2.28. The van der Waals surface area contributed by atoms with Gasteiger partial charge < -0.3 is 10.1 Å². The first kappa shape index (κ1) is 15.8. The Morgan fingerprint density at radius 1 is 1.47 bits per heavy atom. The lowest BCUT2D eigenvalue weighted by molar-refractivity contribution is 0.0531. The molecule has 0 atom stereocenters. The first-order chi connectivity index (χ1) is 8.88. The Morgan fingerprint density at radius 2 is 2.21 bits per heavy atom. The number of hydrogen-bond acceptors (Lipinski definition) is 4. The van der Waals surface area contributed by atoms with Crippen LogP contribution in [0.15, 0.2) is 18.5 Å². The van der Waals surface area contributed by atoms with Crippen molar-refractivity contribution in [2.45, 2.75) is 39.0 Å². The number of carbonyl (C=O) groups excluding carboxylic acids is 1. The molecule has 19 heavy (non-hydrogen) atoms. The maximum absolute atomic E-state index is 11.4. The maximum Gasteiger partial charge on any atom is 0.407 e. The Labute approximate surface area is 119 Å². The van der Waals surface area contributed by atoms with Gasteiger partial charge in [0.15, 0.2) is 0 Å². The number of nitrogens with zero attached hydrogens (tertiary/aromatic N) is 1. The average molecular weight is 282 g/mol. The summed E-state index contributed by atoms with van der Waals surface area (Å²) in [7, 11) is 0. The van der Waals surface area contributed by atoms with Crippen molar-refractivity contribution < 1.29 is 9.53 Å². The highest BCUT2D eigenvalue weighted by molar-refractivity contribution is 7.98. The van der Waals surface area contributed by atoms with Gasteiger partial charge in [-0.3, -0.25) is 4.98 Å². The highest BCUT2D eigenvalue weighted by Gasteiger charge is 2.15. The number of carbonyl (C=O) groups is 1. The Bertz CT molecular complexity index is 416. The molecule has 0 aliphatic carbocycles. The molecule has 0 saturated heterocycles. The zero-order valence-electron chi connectivity index (χ0n) is 12.0. The monoisotopic (exact) mass is 282 g/mol. The van der Waals surface area contributed by atoms with Crippen LogP contribution in [0.4, 0.5) is 4.79 Å². The first-order valence-corrected chi connectivity index (χ1v) is 7.48. The van der Waals surface area contributed by atoms with Gasteiger partial charge in [-0.25, -0.2) is 4.79 Å². The van der Waals surface area contributed by atoms with Crippen LogP contribution in [0.1, 0.15) is 31.9 Å². The second-order valence-corrected chi connectivity index (χ2v) is 6.39. The number of rotatable bonds is 5. The Hall–Kier alpha value is -1.23. The van der Waals surface area contributed by atoms with Crippen LogP contribution in [0.25, 0.3) is 0 Å². The molecule has 0 aromatic carbocycles. The summed E-state index contributed by atoms with van der Waals surface area (Å²) in [4.78, 5) is 15.5. The first-order valence-electron chi connectivity index (χ1n) is 6.32. The third-order valence-corrected chi connectivity index (χ3v) is 3.33. The van der Waals surface area contributed by atoms with Crippen LogP contribution >= 0.6 is 11.8 Å². The number of nitrogens with one attached hydrogen (secondary N) is 1. The number of ether oxygens (including phenoxy) is 1. The van der Waals surface area contributed by atoms with Gasteiger partial charge >= 0.3 is 6.09 Å². The second kappa shape index (κ2) is 7.38. The number of aromatic nitrogens is 1. The predicted octanol–water partition coefficient (Wildman–Crippen LogP) is 3.15. The van der Waals surface area contributed by atoms with E-state index >= 15 is 0 Å². The molecule has 5 heteroatoms. The minimum atomic E-state index is -0.440. The van der Waals surface area contributed by atoms with Gasteiger partial charge in [-0.2, -0.15) is 11.8 Å². The Balaban J connectivity index is 2.15. The number of aryl methyl sites for hydroxylation is 1. The molecule has 0 bridgehead atoms. The maximum atomic E-state index is 11.4. The zero-order chi connectivity index (χ0) is 14.3. The fraction of sp³-hybridized carbons (Fsp3) is 0.571. The number of thioether (sulfide) groups is 1. The molecule has 0 radical (unpaired) electrons. The molecule has 0 aliphatic heterocycles. The molecule has 106 valence electrons. The van der Waals surface area contributed by atoms with Gasteiger partial charge in [-0.15, -0.1) is 0 Å². The minimum Gasteiger partial charge on any atom is -0.444 e. The van der Waals surface area contributed by atoms with E-state index in [-0.39, 0.29) is 6.09 Å². The van der Waals surface area contributed by atoms with Crippen molar-refractivity contribution in [2.75, 3.05) is 12.3 Å². The summed E-state index contributed by atoms with van der Waals surface area (Å²) >= 11 is 1.77. The zero-order valence-corrected chi connectivity index (χ0v) is 12.8. The lowest BCUT2D eigenvalue weighted by Crippen LogP contribution is -2.33. The normalized spacial score (nSPS) is 11.2. The van der Waals surface area contributed by atoms with E-state index in [2.05, 4.69) is 17.2 Å². The van der Waals surface area contributed by atoms with Crippen LogP contribution in [0, 0.1) is 6.92 Å². The number of pyridine rings is 1. The van der Waals surface area contributed by atoms with Gasteiger partial charge in [0.2, 0.25) is 0 Å². The summed E-state index contributed by atoms with van der Waals surface area (Å²) in [5.74, 6) is 1.77. The van der Waals surface area contributed by atoms with Crippen molar-refractivity contribution in [1.29, 1.82) is 0 Å². The highest BCUT2D eigenvalue weighted by Crippen LogP contribution is 2.14.